The molecule has 0 radical (unpaired) electrons. The smallest absolute Gasteiger partial charge is 0.123 e. The van der Waals surface area contributed by atoms with Crippen LogP contribution in [0, 0.1) is 5.82 Å². The van der Waals surface area contributed by atoms with Gasteiger partial charge < -0.3 is 10.1 Å². The Hall–Kier alpha value is -0.930. The molecule has 1 fully saturated rings. The fraction of sp³-hybridized carbons (Fsp3) is 0.600. The van der Waals surface area contributed by atoms with Gasteiger partial charge in [-0.15, -0.1) is 0 Å². The fourth-order valence-electron chi connectivity index (χ4n) is 2.69. The van der Waals surface area contributed by atoms with Crippen LogP contribution in [0.5, 0.6) is 0 Å². The lowest BCUT2D eigenvalue weighted by molar-refractivity contribution is -0.0125. The molecule has 2 atom stereocenters. The minimum Gasteiger partial charge on any atom is -0.373 e. The molecule has 2 nitrogen and oxygen atoms in total. The topological polar surface area (TPSA) is 21.3 Å². The maximum absolute atomic E-state index is 13.4. The quantitative estimate of drug-likeness (QED) is 0.865. The molecule has 18 heavy (non-hydrogen) atoms. The van der Waals surface area contributed by atoms with Crippen molar-refractivity contribution in [2.24, 2.45) is 0 Å². The van der Waals surface area contributed by atoms with Crippen LogP contribution >= 0.6 is 0 Å². The summed E-state index contributed by atoms with van der Waals surface area (Å²) >= 11 is 0. The average molecular weight is 251 g/mol. The van der Waals surface area contributed by atoms with E-state index in [0.717, 1.165) is 38.0 Å². The van der Waals surface area contributed by atoms with Gasteiger partial charge in [-0.3, -0.25) is 0 Å². The third-order valence-corrected chi connectivity index (χ3v) is 3.64. The van der Waals surface area contributed by atoms with Crippen LogP contribution in [0.25, 0.3) is 0 Å². The van der Waals surface area contributed by atoms with Crippen LogP contribution in [0.3, 0.4) is 0 Å². The number of rotatable bonds is 5. The zero-order valence-electron chi connectivity index (χ0n) is 11.2. The van der Waals surface area contributed by atoms with Crippen molar-refractivity contribution in [2.45, 2.75) is 44.8 Å². The van der Waals surface area contributed by atoms with Crippen molar-refractivity contribution >= 4 is 0 Å². The Balaban J connectivity index is 2.24. The van der Waals surface area contributed by atoms with Crippen molar-refractivity contribution < 1.29 is 9.13 Å². The van der Waals surface area contributed by atoms with Crippen LogP contribution in [0.1, 0.15) is 44.7 Å². The summed E-state index contributed by atoms with van der Waals surface area (Å²) in [7, 11) is 0. The average Bonchev–Trinajstić information content (AvgIpc) is 2.77. The molecule has 0 amide bonds. The van der Waals surface area contributed by atoms with Gasteiger partial charge in [0.15, 0.2) is 0 Å². The van der Waals surface area contributed by atoms with Crippen LogP contribution in [0.15, 0.2) is 24.3 Å². The van der Waals surface area contributed by atoms with Gasteiger partial charge in [-0.25, -0.2) is 4.39 Å². The molecule has 2 rings (SSSR count). The van der Waals surface area contributed by atoms with E-state index in [4.69, 9.17) is 4.74 Å². The molecule has 1 aliphatic rings. The van der Waals surface area contributed by atoms with Crippen LogP contribution in [-0.4, -0.2) is 18.8 Å². The highest BCUT2D eigenvalue weighted by atomic mass is 19.1. The fourth-order valence-corrected chi connectivity index (χ4v) is 2.69. The molecule has 100 valence electrons. The number of hydrogen-bond donors (Lipinski definition) is 1. The van der Waals surface area contributed by atoms with Crippen LogP contribution in [0.4, 0.5) is 4.39 Å². The van der Waals surface area contributed by atoms with Crippen LogP contribution in [-0.2, 0) is 4.74 Å². The predicted octanol–water partition coefficient (Wildman–Crippen LogP) is 3.44. The molecule has 0 bridgehead atoms. The Morgan fingerprint density at radius 3 is 2.94 bits per heavy atom. The van der Waals surface area contributed by atoms with Gasteiger partial charge >= 0.3 is 0 Å². The van der Waals surface area contributed by atoms with Crippen molar-refractivity contribution in [2.75, 3.05) is 13.2 Å². The predicted molar refractivity (Wildman–Crippen MR) is 71.0 cm³/mol. The number of nitrogens with one attached hydrogen (secondary N) is 1. The number of benzene rings is 1. The zero-order chi connectivity index (χ0) is 13.0. The molecule has 1 aromatic carbocycles. The third-order valence-electron chi connectivity index (χ3n) is 3.64. The van der Waals surface area contributed by atoms with Crippen molar-refractivity contribution in [3.8, 4) is 0 Å². The Kier molecular flexibility index (Phi) is 4.36. The summed E-state index contributed by atoms with van der Waals surface area (Å²) in [4.78, 5) is 0. The molecule has 0 aromatic heterocycles. The lowest BCUT2D eigenvalue weighted by atomic mass is 9.87. The van der Waals surface area contributed by atoms with E-state index in [0.29, 0.717) is 0 Å². The van der Waals surface area contributed by atoms with Gasteiger partial charge in [-0.05, 0) is 50.4 Å². The summed E-state index contributed by atoms with van der Waals surface area (Å²) in [5.74, 6) is -0.183. The van der Waals surface area contributed by atoms with Gasteiger partial charge in [-0.2, -0.15) is 0 Å². The first-order chi connectivity index (χ1) is 8.65. The summed E-state index contributed by atoms with van der Waals surface area (Å²) in [6, 6.07) is 6.90. The molecule has 1 aliphatic heterocycles. The highest BCUT2D eigenvalue weighted by molar-refractivity contribution is 5.23. The Labute approximate surface area is 109 Å². The molecule has 0 aliphatic carbocycles. The second kappa shape index (κ2) is 5.81. The highest BCUT2D eigenvalue weighted by Gasteiger charge is 2.39. The van der Waals surface area contributed by atoms with Gasteiger partial charge in [0, 0.05) is 6.61 Å². The minimum atomic E-state index is -0.219. The number of hydrogen-bond acceptors (Lipinski definition) is 2. The second-order valence-corrected chi connectivity index (χ2v) is 5.21. The van der Waals surface area contributed by atoms with E-state index in [2.05, 4.69) is 19.2 Å². The van der Waals surface area contributed by atoms with Crippen LogP contribution in [0.2, 0.25) is 0 Å². The summed E-state index contributed by atoms with van der Waals surface area (Å²) in [5, 5.41) is 3.50. The zero-order valence-corrected chi connectivity index (χ0v) is 11.2. The van der Waals surface area contributed by atoms with Crippen molar-refractivity contribution in [3.05, 3.63) is 35.6 Å². The van der Waals surface area contributed by atoms with Gasteiger partial charge in [0.2, 0.25) is 0 Å². The molecule has 2 unspecified atom stereocenters. The van der Waals surface area contributed by atoms with Gasteiger partial charge in [-0.1, -0.05) is 19.1 Å². The third kappa shape index (κ3) is 2.90. The first-order valence-electron chi connectivity index (χ1n) is 6.78. The Morgan fingerprint density at radius 2 is 2.33 bits per heavy atom. The maximum atomic E-state index is 13.4. The van der Waals surface area contributed by atoms with E-state index in [1.165, 1.54) is 6.07 Å². The van der Waals surface area contributed by atoms with E-state index in [-0.39, 0.29) is 17.5 Å². The second-order valence-electron chi connectivity index (χ2n) is 5.21. The summed E-state index contributed by atoms with van der Waals surface area (Å²) < 4.78 is 19.3. The van der Waals surface area contributed by atoms with Gasteiger partial charge in [0.05, 0.1) is 11.6 Å². The van der Waals surface area contributed by atoms with E-state index >= 15 is 0 Å². The molecular formula is C15H22FNO. The Morgan fingerprint density at radius 1 is 1.50 bits per heavy atom. The molecule has 3 heteroatoms. The molecule has 1 saturated heterocycles. The van der Waals surface area contributed by atoms with Gasteiger partial charge in [0.1, 0.15) is 5.82 Å². The van der Waals surface area contributed by atoms with E-state index in [9.17, 15) is 4.39 Å². The van der Waals surface area contributed by atoms with E-state index in [1.54, 1.807) is 12.1 Å². The summed E-state index contributed by atoms with van der Waals surface area (Å²) in [6.07, 6.45) is 3.16. The normalized spacial score (nSPS) is 25.3. The minimum absolute atomic E-state index is 0.0654. The molecule has 0 spiro atoms. The van der Waals surface area contributed by atoms with Crippen molar-refractivity contribution in [1.29, 1.82) is 0 Å². The molecule has 1 heterocycles. The number of ether oxygens (including phenoxy) is 1. The van der Waals surface area contributed by atoms with Crippen molar-refractivity contribution in [3.63, 3.8) is 0 Å². The lowest BCUT2D eigenvalue weighted by Gasteiger charge is -2.34. The molecule has 1 N–H and O–H groups in total. The van der Waals surface area contributed by atoms with E-state index in [1.807, 2.05) is 6.07 Å². The van der Waals surface area contributed by atoms with E-state index < -0.39 is 0 Å². The first kappa shape index (κ1) is 13.5. The first-order valence-corrected chi connectivity index (χ1v) is 6.78. The van der Waals surface area contributed by atoms with Crippen molar-refractivity contribution in [1.82, 2.24) is 5.32 Å². The molecule has 0 saturated carbocycles. The monoisotopic (exact) mass is 251 g/mol. The summed E-state index contributed by atoms with van der Waals surface area (Å²) in [6.45, 7) is 5.97. The molecular weight excluding hydrogens is 229 g/mol. The van der Waals surface area contributed by atoms with Gasteiger partial charge in [0.25, 0.3) is 0 Å². The summed E-state index contributed by atoms with van der Waals surface area (Å²) in [5.41, 5.74) is 0.760. The largest absolute Gasteiger partial charge is 0.373 e. The highest BCUT2D eigenvalue weighted by Crippen LogP contribution is 2.37. The van der Waals surface area contributed by atoms with Crippen LogP contribution < -0.4 is 5.32 Å². The molecule has 1 aromatic rings. The SMILES string of the molecule is CCCNC(c1cccc(F)c1)C1(C)CCCO1. The standard InChI is InChI=1S/C15H22FNO/c1-3-9-17-14(15(2)8-5-10-18-15)12-6-4-7-13(16)11-12/h4,6-7,11,14,17H,3,5,8-10H2,1-2H3. The lowest BCUT2D eigenvalue weighted by Crippen LogP contribution is -2.41. The Bertz CT molecular complexity index is 388. The number of halogens is 1. The maximum Gasteiger partial charge on any atom is 0.123 e.